The van der Waals surface area contributed by atoms with Gasteiger partial charge in [0.05, 0.1) is 0 Å². The molecule has 2 fully saturated rings. The van der Waals surface area contributed by atoms with Crippen LogP contribution in [0.4, 0.5) is 0 Å². The molecule has 16 heteroatoms. The first kappa shape index (κ1) is 42.5. The molecule has 0 saturated carbocycles. The van der Waals surface area contributed by atoms with Crippen molar-refractivity contribution in [2.75, 3.05) is 14.2 Å². The molecule has 46 heavy (non-hydrogen) atoms. The van der Waals surface area contributed by atoms with Gasteiger partial charge in [0.15, 0.2) is 0 Å². The van der Waals surface area contributed by atoms with Crippen molar-refractivity contribution in [1.29, 1.82) is 0 Å². The van der Waals surface area contributed by atoms with Crippen molar-refractivity contribution in [2.45, 2.75) is 166 Å². The Balaban J connectivity index is 0.000000460. The molecular weight excluding hydrogens is 622 g/mol. The van der Waals surface area contributed by atoms with E-state index >= 15 is 0 Å². The van der Waals surface area contributed by atoms with Crippen LogP contribution in [0.25, 0.3) is 9.69 Å². The Morgan fingerprint density at radius 2 is 0.957 bits per heavy atom. The van der Waals surface area contributed by atoms with Crippen LogP contribution < -0.4 is 0 Å². The summed E-state index contributed by atoms with van der Waals surface area (Å²) in [6, 6.07) is 0. The quantitative estimate of drug-likeness (QED) is 0.153. The molecular formula is C30H56B2N4O8Si2. The number of methoxy groups -OCH3 is 2. The molecule has 258 valence electrons. The maximum atomic E-state index is 7.60. The molecule has 0 spiro atoms. The molecule has 0 aromatic carbocycles. The standard InChI is InChI=1S/2C15H28BN2O4Si/c2*1-10-15(5,17-6)12(19-7)11(13(20-10)21-18-16)22-23(8,9)14(2,3)4/h2*10-13H,1-5,7-9H3. The first-order chi connectivity index (χ1) is 20.9. The molecule has 10 unspecified atom stereocenters. The third-order valence-corrected chi connectivity index (χ3v) is 19.3. The van der Waals surface area contributed by atoms with Crippen molar-refractivity contribution in [3.05, 3.63) is 22.8 Å². The predicted molar refractivity (Wildman–Crippen MR) is 183 cm³/mol. The second kappa shape index (κ2) is 15.8. The molecule has 0 aromatic rings. The fraction of sp³-hybridized carbons (Fsp3) is 0.933. The monoisotopic (exact) mass is 678 g/mol. The molecule has 0 bridgehead atoms. The summed E-state index contributed by atoms with van der Waals surface area (Å²) in [5.74, 6) is 0. The molecule has 2 aliphatic heterocycles. The summed E-state index contributed by atoms with van der Waals surface area (Å²) in [6.07, 6.45) is -4.60. The Labute approximate surface area is 281 Å². The SMILES string of the molecule is [B]=NOC1OC(C)C(C)([N+]#[C-])C(OC)C1O[Si](C)(C)C(C)(C)C.[B]=NOC1OC(C)C(C)([N+]#[C-])C(OC)C1O[Si](C)(C)C(C)(C)C. The number of rotatable bonds is 10. The molecule has 0 N–H and O–H groups in total. The topological polar surface area (TPSA) is 107 Å². The van der Waals surface area contributed by atoms with Gasteiger partial charge in [-0.2, -0.15) is 0 Å². The van der Waals surface area contributed by atoms with Crippen molar-refractivity contribution in [2.24, 2.45) is 10.1 Å². The van der Waals surface area contributed by atoms with Crippen LogP contribution in [-0.2, 0) is 37.5 Å². The average Bonchev–Trinajstić information content (AvgIpc) is 2.93. The average molecular weight is 679 g/mol. The van der Waals surface area contributed by atoms with Gasteiger partial charge in [-0.3, -0.25) is 0 Å². The first-order valence-corrected chi connectivity index (χ1v) is 21.3. The van der Waals surface area contributed by atoms with E-state index in [2.05, 4.69) is 87.5 Å². The summed E-state index contributed by atoms with van der Waals surface area (Å²) >= 11 is 0. The van der Waals surface area contributed by atoms with Crippen molar-refractivity contribution >= 4 is 31.9 Å². The van der Waals surface area contributed by atoms with Crippen molar-refractivity contribution in [1.82, 2.24) is 0 Å². The Morgan fingerprint density at radius 1 is 0.674 bits per heavy atom. The summed E-state index contributed by atoms with van der Waals surface area (Å²) in [6.45, 7) is 43.8. The molecule has 2 aliphatic rings. The molecule has 0 aromatic heterocycles. The van der Waals surface area contributed by atoms with Gasteiger partial charge in [0.2, 0.25) is 0 Å². The summed E-state index contributed by atoms with van der Waals surface area (Å²) in [5, 5.41) is 6.50. The molecule has 0 amide bonds. The van der Waals surface area contributed by atoms with E-state index in [-0.39, 0.29) is 10.1 Å². The van der Waals surface area contributed by atoms with Crippen LogP contribution in [-0.4, -0.2) is 106 Å². The Hall–Kier alpha value is -1.50. The Morgan fingerprint density at radius 3 is 1.15 bits per heavy atom. The minimum absolute atomic E-state index is 0.00668. The fourth-order valence-corrected chi connectivity index (χ4v) is 7.40. The van der Waals surface area contributed by atoms with E-state index in [4.69, 9.17) is 65.9 Å². The predicted octanol–water partition coefficient (Wildman–Crippen LogP) is 6.20. The van der Waals surface area contributed by atoms with Crippen LogP contribution in [0.15, 0.2) is 10.1 Å². The van der Waals surface area contributed by atoms with E-state index in [0.717, 1.165) is 0 Å². The number of nitrogens with zero attached hydrogens (tertiary/aromatic N) is 4. The van der Waals surface area contributed by atoms with Gasteiger partial charge >= 0.3 is 282 Å². The molecule has 10 atom stereocenters. The zero-order valence-electron chi connectivity index (χ0n) is 30.8. The van der Waals surface area contributed by atoms with Gasteiger partial charge in [-0.25, -0.2) is 0 Å². The molecule has 12 nitrogen and oxygen atoms in total. The van der Waals surface area contributed by atoms with E-state index in [9.17, 15) is 0 Å². The van der Waals surface area contributed by atoms with Crippen molar-refractivity contribution in [3.8, 4) is 0 Å². The van der Waals surface area contributed by atoms with Crippen LogP contribution in [0.2, 0.25) is 36.3 Å². The molecule has 0 aliphatic carbocycles. The second-order valence-corrected chi connectivity index (χ2v) is 24.9. The van der Waals surface area contributed by atoms with Crippen molar-refractivity contribution in [3.63, 3.8) is 0 Å². The molecule has 2 saturated heterocycles. The normalized spacial score (nSPS) is 35.4. The zero-order chi connectivity index (χ0) is 36.1. The first-order valence-electron chi connectivity index (χ1n) is 15.5. The summed E-state index contributed by atoms with van der Waals surface area (Å²) < 4.78 is 35.9. The maximum absolute atomic E-state index is 7.60. The van der Waals surface area contributed by atoms with E-state index in [1.165, 1.54) is 0 Å². The van der Waals surface area contributed by atoms with Crippen molar-refractivity contribution < 1.29 is 37.5 Å². The molecule has 2 radical (unpaired) electrons. The van der Waals surface area contributed by atoms with Gasteiger partial charge < -0.3 is 0 Å². The second-order valence-electron chi connectivity index (χ2n) is 15.4. The Bertz CT molecular complexity index is 1040. The van der Waals surface area contributed by atoms with E-state index in [1.807, 2.05) is 27.7 Å². The van der Waals surface area contributed by atoms with Gasteiger partial charge in [0.25, 0.3) is 0 Å². The van der Waals surface area contributed by atoms with Crippen LogP contribution in [0.3, 0.4) is 0 Å². The zero-order valence-corrected chi connectivity index (χ0v) is 32.8. The summed E-state index contributed by atoms with van der Waals surface area (Å²) in [5.41, 5.74) is -1.76. The molecule has 2 heterocycles. The van der Waals surface area contributed by atoms with Crippen LogP contribution in [0, 0.1) is 13.1 Å². The number of hydrogen-bond donors (Lipinski definition) is 0. The third kappa shape index (κ3) is 8.94. The number of hydrogen-bond acceptors (Lipinski definition) is 10. The van der Waals surface area contributed by atoms with Crippen LogP contribution in [0.1, 0.15) is 69.2 Å². The van der Waals surface area contributed by atoms with Crippen LogP contribution >= 0.6 is 0 Å². The summed E-state index contributed by atoms with van der Waals surface area (Å²) in [7, 11) is 9.22. The van der Waals surface area contributed by atoms with Gasteiger partial charge in [-0.1, -0.05) is 0 Å². The Kier molecular flexibility index (Phi) is 14.6. The van der Waals surface area contributed by atoms with E-state index in [1.54, 1.807) is 14.2 Å². The van der Waals surface area contributed by atoms with Gasteiger partial charge in [-0.15, -0.1) is 0 Å². The van der Waals surface area contributed by atoms with Gasteiger partial charge in [0.1, 0.15) is 0 Å². The molecule has 2 rings (SSSR count). The minimum atomic E-state index is -2.14. The van der Waals surface area contributed by atoms with Gasteiger partial charge in [-0.05, 0) is 0 Å². The summed E-state index contributed by atoms with van der Waals surface area (Å²) in [4.78, 5) is 17.9. The fourth-order valence-electron chi connectivity index (χ4n) is 4.86. The van der Waals surface area contributed by atoms with Gasteiger partial charge in [0, 0.05) is 0 Å². The van der Waals surface area contributed by atoms with E-state index in [0.29, 0.717) is 0 Å². The number of ether oxygens (including phenoxy) is 4. The van der Waals surface area contributed by atoms with E-state index < -0.39 is 76.9 Å². The third-order valence-electron chi connectivity index (χ3n) is 10.4. The van der Waals surface area contributed by atoms with Crippen LogP contribution in [0.5, 0.6) is 0 Å².